The molecule has 0 spiro atoms. The minimum atomic E-state index is -4.79. The normalized spacial score (nSPS) is 15.6. The topological polar surface area (TPSA) is 71.7 Å². The molecule has 3 heterocycles. The third-order valence-electron chi connectivity index (χ3n) is 6.14. The fourth-order valence-electron chi connectivity index (χ4n) is 4.30. The summed E-state index contributed by atoms with van der Waals surface area (Å²) in [6, 6.07) is 9.08. The Labute approximate surface area is 198 Å². The van der Waals surface area contributed by atoms with Gasteiger partial charge in [0.25, 0.3) is 0 Å². The number of anilines is 1. The fourth-order valence-corrected chi connectivity index (χ4v) is 4.30. The Balaban J connectivity index is 1.43. The molecule has 2 aliphatic heterocycles. The second kappa shape index (κ2) is 9.20. The molecule has 0 aliphatic carbocycles. The molecular formula is C24H22F4N4O3. The lowest BCUT2D eigenvalue weighted by Crippen LogP contribution is -2.45. The van der Waals surface area contributed by atoms with Crippen LogP contribution in [0.1, 0.15) is 36.3 Å². The van der Waals surface area contributed by atoms with Crippen molar-refractivity contribution in [2.75, 3.05) is 24.6 Å². The Morgan fingerprint density at radius 2 is 1.86 bits per heavy atom. The number of alkyl halides is 3. The summed E-state index contributed by atoms with van der Waals surface area (Å²) in [4.78, 5) is 16.7. The number of likely N-dealkylation sites (tertiary alicyclic amines) is 1. The molecule has 2 amide bonds. The van der Waals surface area contributed by atoms with Gasteiger partial charge in [0, 0.05) is 36.3 Å². The number of urea groups is 1. The van der Waals surface area contributed by atoms with Crippen molar-refractivity contribution in [3.05, 3.63) is 59.2 Å². The number of piperidine rings is 1. The van der Waals surface area contributed by atoms with Gasteiger partial charge in [-0.05, 0) is 55.2 Å². The van der Waals surface area contributed by atoms with Crippen LogP contribution in [0.4, 0.5) is 28.0 Å². The van der Waals surface area contributed by atoms with E-state index in [1.54, 1.807) is 17.0 Å². The number of hydrogen-bond donors (Lipinski definition) is 0. The Morgan fingerprint density at radius 3 is 2.57 bits per heavy atom. The number of fused-ring (bicyclic) bond motifs is 1. The quantitative estimate of drug-likeness (QED) is 0.456. The van der Waals surface area contributed by atoms with E-state index in [0.29, 0.717) is 25.4 Å². The van der Waals surface area contributed by atoms with Crippen LogP contribution < -0.4 is 9.64 Å². The molecule has 184 valence electrons. The number of aromatic nitrogens is 2. The minimum absolute atomic E-state index is 0.0119. The third kappa shape index (κ3) is 4.80. The summed E-state index contributed by atoms with van der Waals surface area (Å²) in [5.41, 5.74) is 1.82. The van der Waals surface area contributed by atoms with Crippen LogP contribution in [0.15, 0.2) is 40.8 Å². The molecule has 35 heavy (non-hydrogen) atoms. The first-order chi connectivity index (χ1) is 16.8. The van der Waals surface area contributed by atoms with Gasteiger partial charge in [0.1, 0.15) is 11.6 Å². The summed E-state index contributed by atoms with van der Waals surface area (Å²) in [5, 5.41) is 6.34. The Morgan fingerprint density at radius 1 is 1.06 bits per heavy atom. The van der Waals surface area contributed by atoms with Gasteiger partial charge in [0.05, 0.1) is 13.2 Å². The largest absolute Gasteiger partial charge is 0.493 e. The van der Waals surface area contributed by atoms with Crippen LogP contribution in [0.5, 0.6) is 5.75 Å². The molecular weight excluding hydrogens is 468 g/mol. The van der Waals surface area contributed by atoms with Gasteiger partial charge in [-0.3, -0.25) is 4.90 Å². The lowest BCUT2D eigenvalue weighted by Gasteiger charge is -2.33. The van der Waals surface area contributed by atoms with Gasteiger partial charge in [-0.25, -0.2) is 9.18 Å². The van der Waals surface area contributed by atoms with E-state index in [0.717, 1.165) is 43.1 Å². The lowest BCUT2D eigenvalue weighted by molar-refractivity contribution is -0.156. The zero-order valence-corrected chi connectivity index (χ0v) is 18.6. The van der Waals surface area contributed by atoms with Crippen LogP contribution in [0.2, 0.25) is 0 Å². The predicted octanol–water partition coefficient (Wildman–Crippen LogP) is 5.44. The number of nitrogens with zero attached hydrogens (tertiary/aromatic N) is 4. The first-order valence-corrected chi connectivity index (χ1v) is 11.3. The zero-order chi connectivity index (χ0) is 24.6. The number of carbonyl (C=O) groups is 1. The van der Waals surface area contributed by atoms with Crippen LogP contribution in [0.25, 0.3) is 11.5 Å². The number of carbonyl (C=O) groups excluding carboxylic acids is 1. The van der Waals surface area contributed by atoms with Gasteiger partial charge in [-0.1, -0.05) is 6.07 Å². The van der Waals surface area contributed by atoms with Crippen molar-refractivity contribution in [1.29, 1.82) is 0 Å². The van der Waals surface area contributed by atoms with Crippen LogP contribution >= 0.6 is 0 Å². The molecule has 1 aromatic heterocycles. The number of hydrogen-bond acceptors (Lipinski definition) is 5. The van der Waals surface area contributed by atoms with Crippen LogP contribution in [0, 0.1) is 5.82 Å². The van der Waals surface area contributed by atoms with E-state index in [9.17, 15) is 18.0 Å². The first-order valence-electron chi connectivity index (χ1n) is 11.3. The van der Waals surface area contributed by atoms with Gasteiger partial charge in [-0.15, -0.1) is 10.2 Å². The van der Waals surface area contributed by atoms with Crippen molar-refractivity contribution < 1.29 is 31.5 Å². The predicted molar refractivity (Wildman–Crippen MR) is 117 cm³/mol. The van der Waals surface area contributed by atoms with Crippen molar-refractivity contribution in [3.8, 4) is 17.2 Å². The monoisotopic (exact) mass is 490 g/mol. The summed E-state index contributed by atoms with van der Waals surface area (Å²) >= 11 is 0. The molecule has 0 atom stereocenters. The van der Waals surface area contributed by atoms with Crippen molar-refractivity contribution in [2.24, 2.45) is 0 Å². The third-order valence-corrected chi connectivity index (χ3v) is 6.14. The SMILES string of the molecule is O=C(N1CCCCC1)N(Cc1ccc(-c2nnc(C(F)(F)F)o2)cc1F)c1ccc2c(c1)CCO2. The zero-order valence-electron chi connectivity index (χ0n) is 18.6. The van der Waals surface area contributed by atoms with Crippen LogP contribution in [-0.4, -0.2) is 40.8 Å². The van der Waals surface area contributed by atoms with Gasteiger partial charge in [0.15, 0.2) is 0 Å². The number of halogens is 4. The van der Waals surface area contributed by atoms with E-state index < -0.39 is 23.8 Å². The lowest BCUT2D eigenvalue weighted by atomic mass is 10.1. The molecule has 7 nitrogen and oxygen atoms in total. The smallest absolute Gasteiger partial charge is 0.470 e. The van der Waals surface area contributed by atoms with Crippen molar-refractivity contribution in [3.63, 3.8) is 0 Å². The summed E-state index contributed by atoms with van der Waals surface area (Å²) in [5.74, 6) is -1.87. The molecule has 0 radical (unpaired) electrons. The van der Waals surface area contributed by atoms with Gasteiger partial charge in [0.2, 0.25) is 5.89 Å². The van der Waals surface area contributed by atoms with Crippen LogP contribution in [-0.2, 0) is 19.1 Å². The van der Waals surface area contributed by atoms with Crippen LogP contribution in [0.3, 0.4) is 0 Å². The fraction of sp³-hybridized carbons (Fsp3) is 0.375. The van der Waals surface area contributed by atoms with E-state index in [2.05, 4.69) is 14.6 Å². The molecule has 11 heteroatoms. The Bertz CT molecular complexity index is 1240. The first kappa shape index (κ1) is 23.1. The standard InChI is InChI=1S/C24H22F4N4O3/c25-19-13-16(21-29-30-22(35-21)24(26,27)28)4-5-17(19)14-32(23(33)31-9-2-1-3-10-31)18-6-7-20-15(12-18)8-11-34-20/h4-7,12-13H,1-3,8-11,14H2. The number of ether oxygens (including phenoxy) is 1. The molecule has 5 rings (SSSR count). The van der Waals surface area contributed by atoms with Gasteiger partial charge in [-0.2, -0.15) is 13.2 Å². The minimum Gasteiger partial charge on any atom is -0.493 e. The molecule has 0 saturated carbocycles. The molecule has 1 fully saturated rings. The Hall–Kier alpha value is -3.63. The second-order valence-corrected chi connectivity index (χ2v) is 8.52. The van der Waals surface area contributed by atoms with E-state index >= 15 is 4.39 Å². The van der Waals surface area contributed by atoms with Gasteiger partial charge < -0.3 is 14.1 Å². The molecule has 2 aromatic carbocycles. The number of rotatable bonds is 4. The summed E-state index contributed by atoms with van der Waals surface area (Å²) < 4.78 is 63.6. The molecule has 0 N–H and O–H groups in total. The average Bonchev–Trinajstić information content (AvgIpc) is 3.53. The second-order valence-electron chi connectivity index (χ2n) is 8.52. The number of benzene rings is 2. The maximum Gasteiger partial charge on any atom is 0.470 e. The highest BCUT2D eigenvalue weighted by atomic mass is 19.4. The Kier molecular flexibility index (Phi) is 6.08. The number of amides is 2. The molecule has 1 saturated heterocycles. The summed E-state index contributed by atoms with van der Waals surface area (Å²) in [6.07, 6.45) is -1.20. The molecule has 0 unspecified atom stereocenters. The molecule has 2 aliphatic rings. The average molecular weight is 490 g/mol. The van der Waals surface area contributed by atoms with Crippen molar-refractivity contribution in [1.82, 2.24) is 15.1 Å². The molecule has 3 aromatic rings. The van der Waals surface area contributed by atoms with E-state index in [1.807, 2.05) is 6.07 Å². The highest BCUT2D eigenvalue weighted by Crippen LogP contribution is 2.33. The summed E-state index contributed by atoms with van der Waals surface area (Å²) in [7, 11) is 0. The molecule has 0 bridgehead atoms. The van der Waals surface area contributed by atoms with E-state index in [-0.39, 0.29) is 23.7 Å². The summed E-state index contributed by atoms with van der Waals surface area (Å²) in [6.45, 7) is 1.77. The maximum absolute atomic E-state index is 15.1. The maximum atomic E-state index is 15.1. The highest BCUT2D eigenvalue weighted by Gasteiger charge is 2.38. The van der Waals surface area contributed by atoms with E-state index in [1.165, 1.54) is 17.0 Å². The van der Waals surface area contributed by atoms with E-state index in [4.69, 9.17) is 4.74 Å². The van der Waals surface area contributed by atoms with Gasteiger partial charge >= 0.3 is 18.1 Å². The highest BCUT2D eigenvalue weighted by molar-refractivity contribution is 5.92. The van der Waals surface area contributed by atoms with Crippen molar-refractivity contribution in [2.45, 2.75) is 38.4 Å². The van der Waals surface area contributed by atoms with Crippen molar-refractivity contribution >= 4 is 11.7 Å².